The van der Waals surface area contributed by atoms with Crippen molar-refractivity contribution in [2.24, 2.45) is 0 Å². The summed E-state index contributed by atoms with van der Waals surface area (Å²) in [5.41, 5.74) is 0. The molecule has 15 heavy (non-hydrogen) atoms. The molecule has 1 heterocycles. The summed E-state index contributed by atoms with van der Waals surface area (Å²) in [5.74, 6) is 0.460. The molecule has 0 amide bonds. The van der Waals surface area contributed by atoms with Gasteiger partial charge in [0.2, 0.25) is 0 Å². The van der Waals surface area contributed by atoms with Crippen LogP contribution in [0.3, 0.4) is 0 Å². The summed E-state index contributed by atoms with van der Waals surface area (Å²) in [5, 5.41) is 0. The molecule has 0 N–H and O–H groups in total. The Balaban J connectivity index is 1.79. The third kappa shape index (κ3) is 3.20. The van der Waals surface area contributed by atoms with Crippen LogP contribution >= 0.6 is 0 Å². The molecule has 1 atom stereocenters. The van der Waals surface area contributed by atoms with Gasteiger partial charge in [-0.25, -0.2) is 4.39 Å². The van der Waals surface area contributed by atoms with Gasteiger partial charge in [0.05, 0.1) is 6.10 Å². The van der Waals surface area contributed by atoms with E-state index in [1.807, 2.05) is 0 Å². The van der Waals surface area contributed by atoms with Gasteiger partial charge in [-0.2, -0.15) is 0 Å². The third-order valence-corrected chi connectivity index (χ3v) is 2.52. The number of hydrogen-bond donors (Lipinski definition) is 0. The maximum atomic E-state index is 12.6. The van der Waals surface area contributed by atoms with Crippen LogP contribution in [0, 0.1) is 5.82 Å². The van der Waals surface area contributed by atoms with E-state index >= 15 is 0 Å². The van der Waals surface area contributed by atoms with Gasteiger partial charge in [-0.15, -0.1) is 0 Å². The minimum absolute atomic E-state index is 0.198. The highest BCUT2D eigenvalue weighted by atomic mass is 19.1. The lowest BCUT2D eigenvalue weighted by Crippen LogP contribution is -2.25. The third-order valence-electron chi connectivity index (χ3n) is 2.52. The van der Waals surface area contributed by atoms with Crippen LogP contribution in [0.2, 0.25) is 0 Å². The quantitative estimate of drug-likeness (QED) is 0.763. The Morgan fingerprint density at radius 2 is 2.07 bits per heavy atom. The van der Waals surface area contributed by atoms with Crippen molar-refractivity contribution in [1.82, 2.24) is 0 Å². The van der Waals surface area contributed by atoms with Gasteiger partial charge < -0.3 is 9.47 Å². The van der Waals surface area contributed by atoms with Crippen LogP contribution in [-0.4, -0.2) is 19.3 Å². The summed E-state index contributed by atoms with van der Waals surface area (Å²) in [6.45, 7) is 1.39. The molecule has 0 bridgehead atoms. The van der Waals surface area contributed by atoms with Gasteiger partial charge in [-0.05, 0) is 43.5 Å². The van der Waals surface area contributed by atoms with Gasteiger partial charge in [-0.3, -0.25) is 0 Å². The first-order chi connectivity index (χ1) is 7.34. The zero-order valence-electron chi connectivity index (χ0n) is 8.62. The largest absolute Gasteiger partial charge is 0.491 e. The van der Waals surface area contributed by atoms with Gasteiger partial charge >= 0.3 is 0 Å². The second kappa shape index (κ2) is 5.12. The summed E-state index contributed by atoms with van der Waals surface area (Å²) in [4.78, 5) is 0. The Labute approximate surface area is 89.0 Å². The van der Waals surface area contributed by atoms with Gasteiger partial charge in [0, 0.05) is 6.61 Å². The molecular formula is C12H15FO2. The van der Waals surface area contributed by atoms with Crippen molar-refractivity contribution in [3.63, 3.8) is 0 Å². The summed E-state index contributed by atoms with van der Waals surface area (Å²) in [6, 6.07) is 6.07. The highest BCUT2D eigenvalue weighted by Crippen LogP contribution is 2.16. The van der Waals surface area contributed by atoms with E-state index in [9.17, 15) is 4.39 Å². The predicted octanol–water partition coefficient (Wildman–Crippen LogP) is 2.77. The molecule has 0 radical (unpaired) electrons. The molecule has 2 nitrogen and oxygen atoms in total. The summed E-state index contributed by atoms with van der Waals surface area (Å²) < 4.78 is 23.6. The summed E-state index contributed by atoms with van der Waals surface area (Å²) in [6.07, 6.45) is 3.61. The lowest BCUT2D eigenvalue weighted by Gasteiger charge is -2.22. The van der Waals surface area contributed by atoms with Crippen molar-refractivity contribution in [2.45, 2.75) is 25.4 Å². The van der Waals surface area contributed by atoms with E-state index in [2.05, 4.69) is 0 Å². The minimum atomic E-state index is -0.240. The van der Waals surface area contributed by atoms with E-state index in [0.29, 0.717) is 12.4 Å². The molecule has 3 heteroatoms. The molecule has 1 aromatic carbocycles. The van der Waals surface area contributed by atoms with Crippen molar-refractivity contribution >= 4 is 0 Å². The van der Waals surface area contributed by atoms with Gasteiger partial charge in [0.25, 0.3) is 0 Å². The molecule has 0 saturated carbocycles. The second-order valence-corrected chi connectivity index (χ2v) is 3.75. The predicted molar refractivity (Wildman–Crippen MR) is 55.5 cm³/mol. The number of hydrogen-bond acceptors (Lipinski definition) is 2. The minimum Gasteiger partial charge on any atom is -0.491 e. The van der Waals surface area contributed by atoms with Crippen molar-refractivity contribution in [3.05, 3.63) is 30.1 Å². The molecule has 1 saturated heterocycles. The Bertz CT molecular complexity index is 291. The fourth-order valence-electron chi connectivity index (χ4n) is 1.66. The zero-order chi connectivity index (χ0) is 10.5. The lowest BCUT2D eigenvalue weighted by atomic mass is 10.1. The average molecular weight is 210 g/mol. The number of ether oxygens (including phenoxy) is 2. The molecular weight excluding hydrogens is 195 g/mol. The smallest absolute Gasteiger partial charge is 0.123 e. The summed E-state index contributed by atoms with van der Waals surface area (Å²) in [7, 11) is 0. The zero-order valence-corrected chi connectivity index (χ0v) is 8.62. The van der Waals surface area contributed by atoms with E-state index in [1.54, 1.807) is 12.1 Å². The number of benzene rings is 1. The maximum absolute atomic E-state index is 12.6. The van der Waals surface area contributed by atoms with Crippen molar-refractivity contribution < 1.29 is 13.9 Å². The SMILES string of the molecule is Fc1ccc(OCC2CCCCO2)cc1. The normalized spacial score (nSPS) is 21.3. The van der Waals surface area contributed by atoms with Crippen LogP contribution in [0.1, 0.15) is 19.3 Å². The maximum Gasteiger partial charge on any atom is 0.123 e. The number of rotatable bonds is 3. The van der Waals surface area contributed by atoms with E-state index in [4.69, 9.17) is 9.47 Å². The molecule has 2 rings (SSSR count). The van der Waals surface area contributed by atoms with Crippen LogP contribution < -0.4 is 4.74 Å². The van der Waals surface area contributed by atoms with Crippen LogP contribution in [-0.2, 0) is 4.74 Å². The van der Waals surface area contributed by atoms with Gasteiger partial charge in [0.15, 0.2) is 0 Å². The first-order valence-corrected chi connectivity index (χ1v) is 5.34. The standard InChI is InChI=1S/C12H15FO2/c13-10-4-6-11(7-5-10)15-9-12-3-1-2-8-14-12/h4-7,12H,1-3,8-9H2. The monoisotopic (exact) mass is 210 g/mol. The fraction of sp³-hybridized carbons (Fsp3) is 0.500. The summed E-state index contributed by atoms with van der Waals surface area (Å²) >= 11 is 0. The molecule has 1 aliphatic heterocycles. The highest BCUT2D eigenvalue weighted by molar-refractivity contribution is 5.22. The Hall–Kier alpha value is -1.09. The Kier molecular flexibility index (Phi) is 3.56. The molecule has 0 aliphatic carbocycles. The van der Waals surface area contributed by atoms with Crippen molar-refractivity contribution in [2.75, 3.05) is 13.2 Å². The van der Waals surface area contributed by atoms with E-state index in [0.717, 1.165) is 19.4 Å². The van der Waals surface area contributed by atoms with Crippen LogP contribution in [0.4, 0.5) is 4.39 Å². The topological polar surface area (TPSA) is 18.5 Å². The van der Waals surface area contributed by atoms with E-state index in [1.165, 1.54) is 18.6 Å². The highest BCUT2D eigenvalue weighted by Gasteiger charge is 2.14. The Morgan fingerprint density at radius 1 is 1.27 bits per heavy atom. The fourth-order valence-corrected chi connectivity index (χ4v) is 1.66. The van der Waals surface area contributed by atoms with Crippen LogP contribution in [0.5, 0.6) is 5.75 Å². The van der Waals surface area contributed by atoms with Crippen molar-refractivity contribution in [1.29, 1.82) is 0 Å². The number of halogens is 1. The van der Waals surface area contributed by atoms with E-state index < -0.39 is 0 Å². The van der Waals surface area contributed by atoms with Crippen LogP contribution in [0.25, 0.3) is 0 Å². The van der Waals surface area contributed by atoms with E-state index in [-0.39, 0.29) is 11.9 Å². The second-order valence-electron chi connectivity index (χ2n) is 3.75. The molecule has 1 fully saturated rings. The first-order valence-electron chi connectivity index (χ1n) is 5.34. The molecule has 1 aromatic rings. The lowest BCUT2D eigenvalue weighted by molar-refractivity contribution is -0.0110. The molecule has 82 valence electrons. The van der Waals surface area contributed by atoms with Crippen LogP contribution in [0.15, 0.2) is 24.3 Å². The van der Waals surface area contributed by atoms with Gasteiger partial charge in [0.1, 0.15) is 18.2 Å². The molecule has 1 aliphatic rings. The molecule has 0 spiro atoms. The van der Waals surface area contributed by atoms with Gasteiger partial charge in [-0.1, -0.05) is 0 Å². The molecule has 0 aromatic heterocycles. The van der Waals surface area contributed by atoms with Crippen molar-refractivity contribution in [3.8, 4) is 5.75 Å². The Morgan fingerprint density at radius 3 is 2.73 bits per heavy atom. The average Bonchev–Trinajstić information content (AvgIpc) is 2.30. The molecule has 1 unspecified atom stereocenters. The first kappa shape index (κ1) is 10.4.